The van der Waals surface area contributed by atoms with Crippen LogP contribution in [0.2, 0.25) is 0 Å². The first kappa shape index (κ1) is 12.4. The number of aromatic carboxylic acids is 1. The highest BCUT2D eigenvalue weighted by Gasteiger charge is 2.28. The van der Waals surface area contributed by atoms with Crippen LogP contribution in [-0.4, -0.2) is 26.9 Å². The Balaban J connectivity index is 1.85. The first-order valence-electron chi connectivity index (χ1n) is 6.10. The molecule has 0 radical (unpaired) electrons. The average molecular weight is 272 g/mol. The molecule has 2 aromatic rings. The number of amides is 1. The maximum atomic E-state index is 12.3. The Bertz CT molecular complexity index is 705. The number of carboxylic acids is 1. The van der Waals surface area contributed by atoms with Gasteiger partial charge in [-0.1, -0.05) is 6.07 Å². The number of carboxylic acid groups (broad SMARTS) is 1. The van der Waals surface area contributed by atoms with Gasteiger partial charge in [-0.2, -0.15) is 0 Å². The minimum Gasteiger partial charge on any atom is -0.478 e. The van der Waals surface area contributed by atoms with Crippen LogP contribution in [0, 0.1) is 6.92 Å². The summed E-state index contributed by atoms with van der Waals surface area (Å²) in [5.74, 6) is -0.965. The summed E-state index contributed by atoms with van der Waals surface area (Å²) < 4.78 is 5.10. The molecule has 3 rings (SSSR count). The van der Waals surface area contributed by atoms with Crippen molar-refractivity contribution in [1.29, 1.82) is 0 Å². The minimum absolute atomic E-state index is 0.229. The number of aryl methyl sites for hydroxylation is 1. The van der Waals surface area contributed by atoms with Crippen molar-refractivity contribution in [3.63, 3.8) is 0 Å². The second-order valence-electron chi connectivity index (χ2n) is 4.72. The van der Waals surface area contributed by atoms with Gasteiger partial charge >= 0.3 is 5.97 Å². The molecule has 1 amide bonds. The molecule has 20 heavy (non-hydrogen) atoms. The summed E-state index contributed by atoms with van der Waals surface area (Å²) in [7, 11) is 0. The van der Waals surface area contributed by atoms with Gasteiger partial charge in [0.25, 0.3) is 5.91 Å². The van der Waals surface area contributed by atoms with Crippen molar-refractivity contribution in [3.8, 4) is 0 Å². The van der Waals surface area contributed by atoms with E-state index in [2.05, 4.69) is 4.98 Å². The lowest BCUT2D eigenvalue weighted by Gasteiger charge is -2.13. The molecule has 0 saturated heterocycles. The molecule has 1 aromatic carbocycles. The number of rotatable bonds is 2. The Kier molecular flexibility index (Phi) is 2.78. The molecule has 0 unspecified atom stereocenters. The van der Waals surface area contributed by atoms with Crippen LogP contribution in [0.4, 0.5) is 0 Å². The number of nitrogens with zero attached hydrogens (tertiary/aromatic N) is 2. The lowest BCUT2D eigenvalue weighted by molar-refractivity contribution is 0.0695. The topological polar surface area (TPSA) is 83.6 Å². The zero-order valence-corrected chi connectivity index (χ0v) is 10.8. The largest absolute Gasteiger partial charge is 0.478 e. The fourth-order valence-electron chi connectivity index (χ4n) is 2.32. The van der Waals surface area contributed by atoms with E-state index in [9.17, 15) is 9.59 Å². The Morgan fingerprint density at radius 3 is 2.70 bits per heavy atom. The zero-order valence-electron chi connectivity index (χ0n) is 10.8. The molecule has 0 saturated carbocycles. The molecule has 1 aliphatic heterocycles. The lowest BCUT2D eigenvalue weighted by atomic mass is 10.1. The third-order valence-corrected chi connectivity index (χ3v) is 3.40. The summed E-state index contributed by atoms with van der Waals surface area (Å²) in [4.78, 5) is 28.8. The van der Waals surface area contributed by atoms with Crippen LogP contribution in [0.15, 0.2) is 29.0 Å². The highest BCUT2D eigenvalue weighted by Crippen LogP contribution is 2.26. The maximum absolute atomic E-state index is 12.3. The van der Waals surface area contributed by atoms with Gasteiger partial charge in [0.1, 0.15) is 0 Å². The maximum Gasteiger partial charge on any atom is 0.335 e. The van der Waals surface area contributed by atoms with Crippen LogP contribution in [0.25, 0.3) is 0 Å². The van der Waals surface area contributed by atoms with E-state index >= 15 is 0 Å². The molecule has 6 heteroatoms. The fourth-order valence-corrected chi connectivity index (χ4v) is 2.32. The molecule has 0 bridgehead atoms. The average Bonchev–Trinajstić information content (AvgIpc) is 3.02. The van der Waals surface area contributed by atoms with Crippen molar-refractivity contribution in [3.05, 3.63) is 52.7 Å². The van der Waals surface area contributed by atoms with E-state index < -0.39 is 5.97 Å². The highest BCUT2D eigenvalue weighted by molar-refractivity contribution is 5.93. The molecule has 6 nitrogen and oxygen atoms in total. The first-order valence-corrected chi connectivity index (χ1v) is 6.10. The molecular formula is C14H12N2O4. The summed E-state index contributed by atoms with van der Waals surface area (Å²) in [6.45, 7) is 2.55. The van der Waals surface area contributed by atoms with Crippen LogP contribution in [0.3, 0.4) is 0 Å². The summed E-state index contributed by atoms with van der Waals surface area (Å²) >= 11 is 0. The molecular weight excluding hydrogens is 260 g/mol. The fraction of sp³-hybridized carbons (Fsp3) is 0.214. The third kappa shape index (κ3) is 1.95. The highest BCUT2D eigenvalue weighted by atomic mass is 16.4. The predicted octanol–water partition coefficient (Wildman–Crippen LogP) is 1.84. The van der Waals surface area contributed by atoms with Crippen molar-refractivity contribution in [2.75, 3.05) is 0 Å². The third-order valence-electron chi connectivity index (χ3n) is 3.40. The molecule has 0 fully saturated rings. The second kappa shape index (κ2) is 4.48. The van der Waals surface area contributed by atoms with Crippen molar-refractivity contribution in [2.24, 2.45) is 0 Å². The van der Waals surface area contributed by atoms with E-state index in [1.54, 1.807) is 30.0 Å². The number of carbonyl (C=O) groups is 2. The quantitative estimate of drug-likeness (QED) is 0.901. The molecule has 102 valence electrons. The first-order chi connectivity index (χ1) is 9.56. The number of hydrogen-bond acceptors (Lipinski definition) is 4. The van der Waals surface area contributed by atoms with Crippen molar-refractivity contribution in [2.45, 2.75) is 20.0 Å². The van der Waals surface area contributed by atoms with Gasteiger partial charge in [-0.15, -0.1) is 0 Å². The second-order valence-corrected chi connectivity index (χ2v) is 4.72. The number of aromatic nitrogens is 1. The minimum atomic E-state index is -0.969. The van der Waals surface area contributed by atoms with Gasteiger partial charge in [0, 0.05) is 13.1 Å². The Hall–Kier alpha value is -2.63. The zero-order chi connectivity index (χ0) is 14.3. The van der Waals surface area contributed by atoms with E-state index in [1.165, 1.54) is 6.39 Å². The van der Waals surface area contributed by atoms with E-state index in [1.807, 2.05) is 0 Å². The Morgan fingerprint density at radius 2 is 2.05 bits per heavy atom. The molecule has 1 aliphatic rings. The van der Waals surface area contributed by atoms with Gasteiger partial charge in [0.15, 0.2) is 6.39 Å². The number of fused-ring (bicyclic) bond motifs is 1. The van der Waals surface area contributed by atoms with E-state index in [4.69, 9.17) is 9.52 Å². The summed E-state index contributed by atoms with van der Waals surface area (Å²) in [5, 5.41) is 8.97. The lowest BCUT2D eigenvalue weighted by Crippen LogP contribution is -2.25. The molecule has 0 aliphatic carbocycles. The molecule has 1 aromatic heterocycles. The molecule has 0 spiro atoms. The summed E-state index contributed by atoms with van der Waals surface area (Å²) in [5.41, 5.74) is 2.60. The predicted molar refractivity (Wildman–Crippen MR) is 68.2 cm³/mol. The van der Waals surface area contributed by atoms with Crippen LogP contribution in [0.1, 0.15) is 37.7 Å². The number of benzene rings is 1. The normalized spacial score (nSPS) is 13.3. The van der Waals surface area contributed by atoms with Gasteiger partial charge in [-0.05, 0) is 30.2 Å². The van der Waals surface area contributed by atoms with Crippen LogP contribution < -0.4 is 0 Å². The monoisotopic (exact) mass is 272 g/mol. The molecule has 2 heterocycles. The number of hydrogen-bond donors (Lipinski definition) is 1. The standard InChI is InChI=1S/C14H12N2O4/c1-8-12(20-7-15-8)13(17)16-5-10-3-2-9(14(18)19)4-11(10)6-16/h2-4,7H,5-6H2,1H3,(H,18,19). The summed E-state index contributed by atoms with van der Waals surface area (Å²) in [6, 6.07) is 4.91. The van der Waals surface area contributed by atoms with E-state index in [0.717, 1.165) is 11.1 Å². The smallest absolute Gasteiger partial charge is 0.335 e. The van der Waals surface area contributed by atoms with Gasteiger partial charge in [0.2, 0.25) is 5.76 Å². The number of carbonyl (C=O) groups excluding carboxylic acids is 1. The van der Waals surface area contributed by atoms with Crippen LogP contribution >= 0.6 is 0 Å². The van der Waals surface area contributed by atoms with Gasteiger partial charge in [-0.25, -0.2) is 9.78 Å². The van der Waals surface area contributed by atoms with Gasteiger partial charge < -0.3 is 14.4 Å². The Labute approximate surface area is 114 Å². The molecule has 1 N–H and O–H groups in total. The SMILES string of the molecule is Cc1ncoc1C(=O)N1Cc2ccc(C(=O)O)cc2C1. The molecule has 0 atom stereocenters. The van der Waals surface area contributed by atoms with Crippen LogP contribution in [0.5, 0.6) is 0 Å². The van der Waals surface area contributed by atoms with Crippen molar-refractivity contribution in [1.82, 2.24) is 9.88 Å². The number of oxazole rings is 1. The van der Waals surface area contributed by atoms with Crippen LogP contribution in [-0.2, 0) is 13.1 Å². The Morgan fingerprint density at radius 1 is 1.30 bits per heavy atom. The van der Waals surface area contributed by atoms with Gasteiger partial charge in [-0.3, -0.25) is 4.79 Å². The van der Waals surface area contributed by atoms with E-state index in [0.29, 0.717) is 18.8 Å². The van der Waals surface area contributed by atoms with Crippen molar-refractivity contribution < 1.29 is 19.1 Å². The van der Waals surface area contributed by atoms with Crippen molar-refractivity contribution >= 4 is 11.9 Å². The summed E-state index contributed by atoms with van der Waals surface area (Å²) in [6.07, 6.45) is 1.24. The van der Waals surface area contributed by atoms with Gasteiger partial charge in [0.05, 0.1) is 11.3 Å². The van der Waals surface area contributed by atoms with E-state index in [-0.39, 0.29) is 17.2 Å².